The molecule has 0 spiro atoms. The topological polar surface area (TPSA) is 56.7 Å². The molecule has 0 aliphatic heterocycles. The normalized spacial score (nSPS) is 11.0. The van der Waals surface area contributed by atoms with Crippen LogP contribution in [0.15, 0.2) is 35.5 Å². The molecule has 0 aliphatic rings. The van der Waals surface area contributed by atoms with Crippen molar-refractivity contribution in [1.82, 2.24) is 14.8 Å². The van der Waals surface area contributed by atoms with Gasteiger partial charge in [-0.15, -0.1) is 11.8 Å². The van der Waals surface area contributed by atoms with Gasteiger partial charge in [-0.2, -0.15) is 5.10 Å². The van der Waals surface area contributed by atoms with Crippen molar-refractivity contribution in [2.75, 3.05) is 5.73 Å². The Hall–Kier alpha value is -1.49. The van der Waals surface area contributed by atoms with Gasteiger partial charge in [-0.25, -0.2) is 9.67 Å². The van der Waals surface area contributed by atoms with Crippen LogP contribution in [0.5, 0.6) is 0 Å². The number of hydrogen-bond donors (Lipinski definition) is 1. The van der Waals surface area contributed by atoms with Crippen molar-refractivity contribution in [1.29, 1.82) is 0 Å². The van der Waals surface area contributed by atoms with Gasteiger partial charge in [0.25, 0.3) is 0 Å². The van der Waals surface area contributed by atoms with Gasteiger partial charge < -0.3 is 5.73 Å². The molecule has 0 saturated heterocycles. The minimum atomic E-state index is 0.334. The van der Waals surface area contributed by atoms with Gasteiger partial charge in [0.15, 0.2) is 0 Å². The van der Waals surface area contributed by atoms with E-state index in [-0.39, 0.29) is 0 Å². The van der Waals surface area contributed by atoms with Gasteiger partial charge in [0.05, 0.1) is 5.75 Å². The van der Waals surface area contributed by atoms with Crippen LogP contribution >= 0.6 is 11.8 Å². The number of benzene rings is 1. The Bertz CT molecular complexity index is 493. The summed E-state index contributed by atoms with van der Waals surface area (Å²) in [5.74, 6) is 1.76. The van der Waals surface area contributed by atoms with Crippen LogP contribution in [0.3, 0.4) is 0 Å². The molecule has 1 aromatic heterocycles. The summed E-state index contributed by atoms with van der Waals surface area (Å²) in [4.78, 5) is 5.36. The highest BCUT2D eigenvalue weighted by atomic mass is 32.2. The molecule has 0 fully saturated rings. The predicted molar refractivity (Wildman–Crippen MR) is 70.8 cm³/mol. The Morgan fingerprint density at radius 1 is 1.35 bits per heavy atom. The van der Waals surface area contributed by atoms with E-state index in [0.29, 0.717) is 6.04 Å². The van der Waals surface area contributed by atoms with Gasteiger partial charge in [-0.05, 0) is 26.0 Å². The van der Waals surface area contributed by atoms with Gasteiger partial charge in [-0.3, -0.25) is 0 Å². The van der Waals surface area contributed by atoms with Crippen LogP contribution in [0, 0.1) is 0 Å². The maximum absolute atomic E-state index is 5.89. The second-order valence-electron chi connectivity index (χ2n) is 4.04. The molecular weight excluding hydrogens is 232 g/mol. The second-order valence-corrected chi connectivity index (χ2v) is 5.06. The molecule has 2 N–H and O–H groups in total. The lowest BCUT2D eigenvalue weighted by Gasteiger charge is -2.09. The van der Waals surface area contributed by atoms with E-state index >= 15 is 0 Å². The Morgan fingerprint density at radius 3 is 2.82 bits per heavy atom. The van der Waals surface area contributed by atoms with Crippen LogP contribution in [0.1, 0.15) is 25.7 Å². The van der Waals surface area contributed by atoms with Gasteiger partial charge >= 0.3 is 0 Å². The van der Waals surface area contributed by atoms with E-state index in [0.717, 1.165) is 22.2 Å². The fourth-order valence-electron chi connectivity index (χ4n) is 1.56. The minimum Gasteiger partial charge on any atom is -0.398 e. The zero-order valence-corrected chi connectivity index (χ0v) is 10.8. The number of nitrogens with two attached hydrogens (primary N) is 1. The molecule has 17 heavy (non-hydrogen) atoms. The minimum absolute atomic E-state index is 0.334. The summed E-state index contributed by atoms with van der Waals surface area (Å²) < 4.78 is 1.94. The van der Waals surface area contributed by atoms with Gasteiger partial charge in [-0.1, -0.05) is 12.1 Å². The van der Waals surface area contributed by atoms with Crippen LogP contribution in [0.4, 0.5) is 5.69 Å². The number of para-hydroxylation sites is 1. The number of hydrogen-bond acceptors (Lipinski definition) is 4. The molecule has 2 aromatic rings. The van der Waals surface area contributed by atoms with E-state index in [1.165, 1.54) is 0 Å². The van der Waals surface area contributed by atoms with E-state index in [9.17, 15) is 0 Å². The molecular formula is C12H16N4S. The molecule has 1 heterocycles. The van der Waals surface area contributed by atoms with Crippen molar-refractivity contribution in [3.8, 4) is 0 Å². The van der Waals surface area contributed by atoms with Crippen molar-refractivity contribution in [3.05, 3.63) is 36.4 Å². The summed E-state index contributed by atoms with van der Waals surface area (Å²) in [6.45, 7) is 4.19. The zero-order valence-electron chi connectivity index (χ0n) is 10.00. The summed E-state index contributed by atoms with van der Waals surface area (Å²) in [7, 11) is 0. The summed E-state index contributed by atoms with van der Waals surface area (Å²) in [6.07, 6.45) is 1.60. The van der Waals surface area contributed by atoms with Crippen molar-refractivity contribution < 1.29 is 0 Å². The highest BCUT2D eigenvalue weighted by molar-refractivity contribution is 7.98. The number of rotatable bonds is 4. The van der Waals surface area contributed by atoms with E-state index in [4.69, 9.17) is 5.73 Å². The third-order valence-corrected chi connectivity index (χ3v) is 3.50. The first kappa shape index (κ1) is 12.0. The molecule has 5 heteroatoms. The lowest BCUT2D eigenvalue weighted by molar-refractivity contribution is 0.514. The Kier molecular flexibility index (Phi) is 3.68. The SMILES string of the molecule is CC(C)n1ncnc1CSc1ccccc1N. The monoisotopic (exact) mass is 248 g/mol. The van der Waals surface area contributed by atoms with Crippen molar-refractivity contribution in [2.24, 2.45) is 0 Å². The van der Waals surface area contributed by atoms with Crippen molar-refractivity contribution in [2.45, 2.75) is 30.5 Å². The van der Waals surface area contributed by atoms with Gasteiger partial charge in [0, 0.05) is 16.6 Å². The molecule has 0 atom stereocenters. The smallest absolute Gasteiger partial charge is 0.138 e. The first-order valence-electron chi connectivity index (χ1n) is 5.54. The van der Waals surface area contributed by atoms with Crippen LogP contribution in [0.2, 0.25) is 0 Å². The van der Waals surface area contributed by atoms with Gasteiger partial charge in [0.2, 0.25) is 0 Å². The van der Waals surface area contributed by atoms with Crippen LogP contribution in [-0.2, 0) is 5.75 Å². The van der Waals surface area contributed by atoms with E-state index in [1.807, 2.05) is 28.9 Å². The Balaban J connectivity index is 2.08. The van der Waals surface area contributed by atoms with Crippen LogP contribution in [0.25, 0.3) is 0 Å². The summed E-state index contributed by atoms with van der Waals surface area (Å²) in [6, 6.07) is 8.20. The molecule has 2 rings (SSSR count). The average molecular weight is 248 g/mol. The molecule has 90 valence electrons. The molecule has 4 nitrogen and oxygen atoms in total. The van der Waals surface area contributed by atoms with Crippen molar-refractivity contribution in [3.63, 3.8) is 0 Å². The van der Waals surface area contributed by atoms with Gasteiger partial charge in [0.1, 0.15) is 12.2 Å². The molecule has 1 aromatic carbocycles. The summed E-state index contributed by atoms with van der Waals surface area (Å²) in [5.41, 5.74) is 6.71. The fourth-order valence-corrected chi connectivity index (χ4v) is 2.46. The molecule has 0 bridgehead atoms. The molecule has 0 unspecified atom stereocenters. The van der Waals surface area contributed by atoms with E-state index in [1.54, 1.807) is 18.1 Å². The Morgan fingerprint density at radius 2 is 2.12 bits per heavy atom. The number of anilines is 1. The maximum atomic E-state index is 5.89. The average Bonchev–Trinajstić information content (AvgIpc) is 2.76. The first-order valence-corrected chi connectivity index (χ1v) is 6.52. The first-order chi connectivity index (χ1) is 8.18. The quantitative estimate of drug-likeness (QED) is 0.667. The molecule has 0 saturated carbocycles. The number of aromatic nitrogens is 3. The standard InChI is InChI=1S/C12H16N4S/c1-9(2)16-12(14-8-15-16)7-17-11-6-4-3-5-10(11)13/h3-6,8-9H,7,13H2,1-2H3. The highest BCUT2D eigenvalue weighted by Crippen LogP contribution is 2.27. The largest absolute Gasteiger partial charge is 0.398 e. The summed E-state index contributed by atoms with van der Waals surface area (Å²) in [5, 5.41) is 4.21. The lowest BCUT2D eigenvalue weighted by Crippen LogP contribution is -2.07. The second kappa shape index (κ2) is 5.23. The molecule has 0 amide bonds. The predicted octanol–water partition coefficient (Wildman–Crippen LogP) is 2.73. The number of nitrogen functional groups attached to an aromatic ring is 1. The maximum Gasteiger partial charge on any atom is 0.138 e. The van der Waals surface area contributed by atoms with Crippen molar-refractivity contribution >= 4 is 17.4 Å². The number of nitrogens with zero attached hydrogens (tertiary/aromatic N) is 3. The highest BCUT2D eigenvalue weighted by Gasteiger charge is 2.08. The zero-order chi connectivity index (χ0) is 12.3. The lowest BCUT2D eigenvalue weighted by atomic mass is 10.3. The van der Waals surface area contributed by atoms with Crippen LogP contribution in [-0.4, -0.2) is 14.8 Å². The van der Waals surface area contributed by atoms with Crippen LogP contribution < -0.4 is 5.73 Å². The molecule has 0 aliphatic carbocycles. The Labute approximate surface area is 105 Å². The third-order valence-electron chi connectivity index (χ3n) is 2.41. The molecule has 0 radical (unpaired) electrons. The third kappa shape index (κ3) is 2.79. The summed E-state index contributed by atoms with van der Waals surface area (Å²) >= 11 is 1.69. The fraction of sp³-hybridized carbons (Fsp3) is 0.333. The number of thioether (sulfide) groups is 1. The van der Waals surface area contributed by atoms with E-state index in [2.05, 4.69) is 23.9 Å². The van der Waals surface area contributed by atoms with E-state index < -0.39 is 0 Å².